The fourth-order valence-corrected chi connectivity index (χ4v) is 2.42. The van der Waals surface area contributed by atoms with Gasteiger partial charge in [0.1, 0.15) is 5.75 Å². The van der Waals surface area contributed by atoms with Crippen molar-refractivity contribution in [3.05, 3.63) is 29.3 Å². The van der Waals surface area contributed by atoms with E-state index in [1.54, 1.807) is 0 Å². The first kappa shape index (κ1) is 13.4. The van der Waals surface area contributed by atoms with Gasteiger partial charge in [0.25, 0.3) is 0 Å². The molecule has 0 atom stereocenters. The van der Waals surface area contributed by atoms with Crippen molar-refractivity contribution in [1.29, 1.82) is 0 Å². The van der Waals surface area contributed by atoms with E-state index in [4.69, 9.17) is 10.5 Å². The molecule has 0 amide bonds. The zero-order chi connectivity index (χ0) is 13.2. The van der Waals surface area contributed by atoms with E-state index in [1.165, 1.54) is 24.0 Å². The van der Waals surface area contributed by atoms with Gasteiger partial charge in [-0.05, 0) is 55.8 Å². The zero-order valence-corrected chi connectivity index (χ0v) is 11.8. The number of hydrogen-bond acceptors (Lipinski definition) is 2. The molecule has 1 aromatic carbocycles. The van der Waals surface area contributed by atoms with E-state index in [0.29, 0.717) is 11.3 Å². The van der Waals surface area contributed by atoms with Crippen molar-refractivity contribution < 1.29 is 4.74 Å². The molecule has 0 unspecified atom stereocenters. The summed E-state index contributed by atoms with van der Waals surface area (Å²) in [5, 5.41) is 0. The zero-order valence-electron chi connectivity index (χ0n) is 11.8. The average molecular weight is 247 g/mol. The third-order valence-corrected chi connectivity index (χ3v) is 3.96. The average Bonchev–Trinajstić information content (AvgIpc) is 3.07. The lowest BCUT2D eigenvalue weighted by atomic mass is 10.00. The maximum atomic E-state index is 6.10. The lowest BCUT2D eigenvalue weighted by molar-refractivity contribution is 0.224. The largest absolute Gasteiger partial charge is 0.493 e. The summed E-state index contributed by atoms with van der Waals surface area (Å²) >= 11 is 0. The third-order valence-electron chi connectivity index (χ3n) is 3.96. The molecule has 0 aliphatic heterocycles. The Hall–Kier alpha value is -1.02. The van der Waals surface area contributed by atoms with Crippen molar-refractivity contribution in [3.8, 4) is 5.75 Å². The van der Waals surface area contributed by atoms with E-state index < -0.39 is 0 Å². The van der Waals surface area contributed by atoms with Crippen LogP contribution < -0.4 is 10.5 Å². The SMILES string of the molecule is Cc1ccc(C(C)C)c(OCC2(CCN)CC2)c1. The Kier molecular flexibility index (Phi) is 3.96. The molecule has 1 fully saturated rings. The Labute approximate surface area is 111 Å². The van der Waals surface area contributed by atoms with Crippen LogP contribution in [-0.2, 0) is 0 Å². The summed E-state index contributed by atoms with van der Waals surface area (Å²) in [7, 11) is 0. The fraction of sp³-hybridized carbons (Fsp3) is 0.625. The van der Waals surface area contributed by atoms with Crippen LogP contribution in [0.1, 0.15) is 50.2 Å². The standard InChI is InChI=1S/C16H25NO/c1-12(2)14-5-4-13(3)10-15(14)18-11-16(6-7-16)8-9-17/h4-5,10,12H,6-9,11,17H2,1-3H3. The number of aryl methyl sites for hydroxylation is 1. The molecular weight excluding hydrogens is 222 g/mol. The Bertz CT molecular complexity index is 408. The van der Waals surface area contributed by atoms with Crippen LogP contribution in [0.5, 0.6) is 5.75 Å². The van der Waals surface area contributed by atoms with Crippen LogP contribution in [0.4, 0.5) is 0 Å². The van der Waals surface area contributed by atoms with Gasteiger partial charge in [0.05, 0.1) is 6.61 Å². The molecule has 1 aliphatic carbocycles. The first-order valence-electron chi connectivity index (χ1n) is 7.00. The summed E-state index contributed by atoms with van der Waals surface area (Å²) in [5.41, 5.74) is 8.62. The van der Waals surface area contributed by atoms with Crippen LogP contribution in [0.25, 0.3) is 0 Å². The maximum Gasteiger partial charge on any atom is 0.123 e. The molecule has 0 aromatic heterocycles. The minimum atomic E-state index is 0.382. The molecule has 2 rings (SSSR count). The highest BCUT2D eigenvalue weighted by molar-refractivity contribution is 5.39. The van der Waals surface area contributed by atoms with E-state index in [1.807, 2.05) is 0 Å². The lowest BCUT2D eigenvalue weighted by Crippen LogP contribution is -2.18. The van der Waals surface area contributed by atoms with Gasteiger partial charge < -0.3 is 10.5 Å². The molecular formula is C16H25NO. The van der Waals surface area contributed by atoms with Crippen molar-refractivity contribution >= 4 is 0 Å². The number of benzene rings is 1. The van der Waals surface area contributed by atoms with Crippen molar-refractivity contribution in [3.63, 3.8) is 0 Å². The van der Waals surface area contributed by atoms with E-state index in [9.17, 15) is 0 Å². The first-order chi connectivity index (χ1) is 8.56. The molecule has 1 aromatic rings. The van der Waals surface area contributed by atoms with Gasteiger partial charge in [0.2, 0.25) is 0 Å². The molecule has 0 radical (unpaired) electrons. The summed E-state index contributed by atoms with van der Waals surface area (Å²) < 4.78 is 6.10. The van der Waals surface area contributed by atoms with E-state index in [0.717, 1.165) is 25.3 Å². The fourth-order valence-electron chi connectivity index (χ4n) is 2.42. The molecule has 0 heterocycles. The second-order valence-electron chi connectivity index (χ2n) is 6.02. The number of rotatable bonds is 6. The molecule has 0 spiro atoms. The smallest absolute Gasteiger partial charge is 0.123 e. The predicted octanol–water partition coefficient (Wildman–Crippen LogP) is 3.63. The van der Waals surface area contributed by atoms with Crippen molar-refractivity contribution in [2.75, 3.05) is 13.2 Å². The van der Waals surface area contributed by atoms with Gasteiger partial charge in [-0.1, -0.05) is 26.0 Å². The number of ether oxygens (including phenoxy) is 1. The highest BCUT2D eigenvalue weighted by Crippen LogP contribution is 2.48. The summed E-state index contributed by atoms with van der Waals surface area (Å²) in [6.07, 6.45) is 3.63. The summed E-state index contributed by atoms with van der Waals surface area (Å²) in [6.45, 7) is 8.14. The van der Waals surface area contributed by atoms with Crippen LogP contribution in [-0.4, -0.2) is 13.2 Å². The van der Waals surface area contributed by atoms with Crippen LogP contribution in [0.15, 0.2) is 18.2 Å². The number of hydrogen-bond donors (Lipinski definition) is 1. The predicted molar refractivity (Wildman–Crippen MR) is 76.1 cm³/mol. The molecule has 2 N–H and O–H groups in total. The quantitative estimate of drug-likeness (QED) is 0.833. The molecule has 1 saturated carbocycles. The normalized spacial score (nSPS) is 16.9. The highest BCUT2D eigenvalue weighted by atomic mass is 16.5. The van der Waals surface area contributed by atoms with Gasteiger partial charge in [0.15, 0.2) is 0 Å². The summed E-state index contributed by atoms with van der Waals surface area (Å²) in [6, 6.07) is 6.51. The second-order valence-corrected chi connectivity index (χ2v) is 6.02. The van der Waals surface area contributed by atoms with E-state index in [2.05, 4.69) is 39.0 Å². The molecule has 100 valence electrons. The van der Waals surface area contributed by atoms with Gasteiger partial charge in [-0.15, -0.1) is 0 Å². The summed E-state index contributed by atoms with van der Waals surface area (Å²) in [5.74, 6) is 1.57. The monoisotopic (exact) mass is 247 g/mol. The van der Waals surface area contributed by atoms with Crippen molar-refractivity contribution in [2.24, 2.45) is 11.1 Å². The Morgan fingerprint density at radius 3 is 2.61 bits per heavy atom. The third kappa shape index (κ3) is 3.05. The Morgan fingerprint density at radius 1 is 1.33 bits per heavy atom. The van der Waals surface area contributed by atoms with Crippen LogP contribution in [0.2, 0.25) is 0 Å². The van der Waals surface area contributed by atoms with Gasteiger partial charge in [-0.3, -0.25) is 0 Å². The van der Waals surface area contributed by atoms with Crippen molar-refractivity contribution in [2.45, 2.75) is 46.0 Å². The summed E-state index contributed by atoms with van der Waals surface area (Å²) in [4.78, 5) is 0. The molecule has 18 heavy (non-hydrogen) atoms. The first-order valence-corrected chi connectivity index (χ1v) is 7.00. The van der Waals surface area contributed by atoms with Gasteiger partial charge in [-0.25, -0.2) is 0 Å². The molecule has 0 bridgehead atoms. The lowest BCUT2D eigenvalue weighted by Gasteiger charge is -2.19. The highest BCUT2D eigenvalue weighted by Gasteiger charge is 2.42. The van der Waals surface area contributed by atoms with Gasteiger partial charge in [0, 0.05) is 5.41 Å². The minimum absolute atomic E-state index is 0.382. The Morgan fingerprint density at radius 2 is 2.06 bits per heavy atom. The van der Waals surface area contributed by atoms with Crippen molar-refractivity contribution in [1.82, 2.24) is 0 Å². The molecule has 2 nitrogen and oxygen atoms in total. The van der Waals surface area contributed by atoms with Gasteiger partial charge >= 0.3 is 0 Å². The number of nitrogens with two attached hydrogens (primary N) is 1. The van der Waals surface area contributed by atoms with Crippen LogP contribution >= 0.6 is 0 Å². The molecule has 1 aliphatic rings. The molecule has 2 heteroatoms. The van der Waals surface area contributed by atoms with Gasteiger partial charge in [-0.2, -0.15) is 0 Å². The topological polar surface area (TPSA) is 35.2 Å². The Balaban J connectivity index is 2.06. The van der Waals surface area contributed by atoms with E-state index in [-0.39, 0.29) is 0 Å². The molecule has 0 saturated heterocycles. The van der Waals surface area contributed by atoms with E-state index >= 15 is 0 Å². The second kappa shape index (κ2) is 5.31. The van der Waals surface area contributed by atoms with Crippen LogP contribution in [0, 0.1) is 12.3 Å². The minimum Gasteiger partial charge on any atom is -0.493 e. The maximum absolute atomic E-state index is 6.10. The van der Waals surface area contributed by atoms with Crippen LogP contribution in [0.3, 0.4) is 0 Å².